The molecule has 2 unspecified atom stereocenters. The van der Waals surface area contributed by atoms with Gasteiger partial charge in [-0.25, -0.2) is 4.79 Å². The van der Waals surface area contributed by atoms with Gasteiger partial charge in [0, 0.05) is 18.1 Å². The summed E-state index contributed by atoms with van der Waals surface area (Å²) < 4.78 is 10.6. The molecule has 9 nitrogen and oxygen atoms in total. The molecule has 0 aromatic heterocycles. The van der Waals surface area contributed by atoms with Crippen molar-refractivity contribution in [3.8, 4) is 11.5 Å². The van der Waals surface area contributed by atoms with Crippen molar-refractivity contribution in [1.82, 2.24) is 15.5 Å². The smallest absolute Gasteiger partial charge is 0.411 e. The van der Waals surface area contributed by atoms with Crippen molar-refractivity contribution in [1.29, 1.82) is 0 Å². The van der Waals surface area contributed by atoms with Crippen LogP contribution in [0.1, 0.15) is 58.4 Å². The Morgan fingerprint density at radius 3 is 2.61 bits per heavy atom. The number of benzene rings is 1. The number of hydrogen-bond donors (Lipinski definition) is 3. The van der Waals surface area contributed by atoms with E-state index in [1.807, 2.05) is 0 Å². The first-order valence-corrected chi connectivity index (χ1v) is 15.5. The van der Waals surface area contributed by atoms with Crippen molar-refractivity contribution in [2.24, 2.45) is 5.92 Å². The van der Waals surface area contributed by atoms with Gasteiger partial charge in [-0.3, -0.25) is 14.5 Å². The number of carbonyl (C=O) groups is 3. The highest BCUT2D eigenvalue weighted by atomic mass is 32.2. The minimum atomic E-state index is -0.756. The molecule has 1 saturated carbocycles. The van der Waals surface area contributed by atoms with E-state index in [4.69, 9.17) is 9.47 Å². The van der Waals surface area contributed by atoms with Crippen LogP contribution in [0.2, 0.25) is 0 Å². The first-order chi connectivity index (χ1) is 18.1. The molecule has 1 heterocycles. The van der Waals surface area contributed by atoms with Crippen molar-refractivity contribution in [2.75, 3.05) is 30.2 Å². The molecule has 2 fully saturated rings. The molecule has 2 atom stereocenters. The molecule has 1 aliphatic carbocycles. The summed E-state index contributed by atoms with van der Waals surface area (Å²) in [6.45, 7) is 5.56. The molecule has 2 aliphatic rings. The molecule has 1 aromatic carbocycles. The van der Waals surface area contributed by atoms with Gasteiger partial charge in [0.1, 0.15) is 17.7 Å². The molecule has 1 saturated heterocycles. The summed E-state index contributed by atoms with van der Waals surface area (Å²) in [6, 6.07) is 3.48. The van der Waals surface area contributed by atoms with Crippen molar-refractivity contribution in [2.45, 2.75) is 77.1 Å². The van der Waals surface area contributed by atoms with E-state index < -0.39 is 23.8 Å². The van der Waals surface area contributed by atoms with Gasteiger partial charge in [0.25, 0.3) is 0 Å². The fraction of sp³-hybridized carbons (Fsp3) is 0.667. The maximum atomic E-state index is 13.3. The quantitative estimate of drug-likeness (QED) is 0.387. The van der Waals surface area contributed by atoms with E-state index in [0.717, 1.165) is 5.75 Å². The Balaban J connectivity index is 1.63. The second-order valence-electron chi connectivity index (χ2n) is 10.8. The number of nitrogens with zero attached hydrogens (tertiary/aromatic N) is 1. The summed E-state index contributed by atoms with van der Waals surface area (Å²) in [5.41, 5.74) is 0.0410. The Labute approximate surface area is 234 Å². The molecule has 212 valence electrons. The molecular formula is C27H41N3O6S2. The molecule has 3 N–H and O–H groups in total. The Kier molecular flexibility index (Phi) is 11.3. The fourth-order valence-corrected chi connectivity index (χ4v) is 6.89. The van der Waals surface area contributed by atoms with Crippen LogP contribution in [0.4, 0.5) is 4.79 Å². The van der Waals surface area contributed by atoms with Crippen LogP contribution in [0.25, 0.3) is 0 Å². The largest absolute Gasteiger partial charge is 0.504 e. The van der Waals surface area contributed by atoms with Crippen LogP contribution >= 0.6 is 23.5 Å². The highest BCUT2D eigenvalue weighted by Gasteiger charge is 2.38. The summed E-state index contributed by atoms with van der Waals surface area (Å²) in [4.78, 5) is 40.6. The topological polar surface area (TPSA) is 117 Å². The Bertz CT molecular complexity index is 965. The third-order valence-electron chi connectivity index (χ3n) is 6.52. The zero-order chi connectivity index (χ0) is 27.7. The summed E-state index contributed by atoms with van der Waals surface area (Å²) >= 11 is 3.16. The van der Waals surface area contributed by atoms with Crippen molar-refractivity contribution >= 4 is 41.4 Å². The van der Waals surface area contributed by atoms with Crippen LogP contribution in [0.15, 0.2) is 18.2 Å². The van der Waals surface area contributed by atoms with Gasteiger partial charge in [0.2, 0.25) is 11.8 Å². The molecule has 3 rings (SSSR count). The van der Waals surface area contributed by atoms with Crippen molar-refractivity contribution in [3.05, 3.63) is 23.8 Å². The SMILES string of the molecule is COc1ccc(CNC(=O)C(CSCC2CCCCC2)NC(=O)C2CSCN2C(=O)OC(C)(C)C)cc1O. The fourth-order valence-electron chi connectivity index (χ4n) is 4.48. The highest BCUT2D eigenvalue weighted by Crippen LogP contribution is 2.28. The van der Waals surface area contributed by atoms with Crippen molar-refractivity contribution in [3.63, 3.8) is 0 Å². The van der Waals surface area contributed by atoms with E-state index in [1.165, 1.54) is 55.9 Å². The third-order valence-corrected chi connectivity index (χ3v) is 8.81. The van der Waals surface area contributed by atoms with Gasteiger partial charge in [0.05, 0.1) is 13.0 Å². The number of aromatic hydroxyl groups is 1. The number of ether oxygens (including phenoxy) is 2. The molecule has 0 radical (unpaired) electrons. The second-order valence-corrected chi connectivity index (χ2v) is 12.9. The zero-order valence-corrected chi connectivity index (χ0v) is 24.4. The van der Waals surface area contributed by atoms with E-state index in [-0.39, 0.29) is 24.1 Å². The lowest BCUT2D eigenvalue weighted by atomic mass is 9.91. The number of phenolic OH excluding ortho intramolecular Hbond substituents is 1. The molecule has 1 aliphatic heterocycles. The number of nitrogens with one attached hydrogen (secondary N) is 2. The van der Waals surface area contributed by atoms with Gasteiger partial charge in [-0.05, 0) is 63.0 Å². The minimum absolute atomic E-state index is 0.00638. The minimum Gasteiger partial charge on any atom is -0.504 e. The first-order valence-electron chi connectivity index (χ1n) is 13.2. The molecule has 0 spiro atoms. The van der Waals surface area contributed by atoms with Gasteiger partial charge in [-0.1, -0.05) is 25.3 Å². The standard InChI is InChI=1S/C27H41N3O6S2/c1-27(2,3)36-26(34)30-17-38-16-21(30)25(33)29-20(15-37-14-18-8-6-5-7-9-18)24(32)28-13-19-10-11-23(35-4)22(31)12-19/h10-12,18,20-21,31H,5-9,13-17H2,1-4H3,(H,28,32)(H,29,33). The normalized spacial score (nSPS) is 19.1. The number of phenols is 1. The van der Waals surface area contributed by atoms with Gasteiger partial charge in [-0.15, -0.1) is 11.8 Å². The number of methoxy groups -OCH3 is 1. The number of carbonyl (C=O) groups excluding carboxylic acids is 3. The lowest BCUT2D eigenvalue weighted by molar-refractivity contribution is -0.130. The maximum Gasteiger partial charge on any atom is 0.411 e. The number of rotatable bonds is 10. The van der Waals surface area contributed by atoms with Crippen LogP contribution in [0.5, 0.6) is 11.5 Å². The average Bonchev–Trinajstić information content (AvgIpc) is 3.37. The van der Waals surface area contributed by atoms with E-state index in [2.05, 4.69) is 10.6 Å². The molecule has 11 heteroatoms. The predicted molar refractivity (Wildman–Crippen MR) is 152 cm³/mol. The van der Waals surface area contributed by atoms with E-state index in [1.54, 1.807) is 50.7 Å². The van der Waals surface area contributed by atoms with Crippen LogP contribution in [0, 0.1) is 5.92 Å². The summed E-state index contributed by atoms with van der Waals surface area (Å²) in [6.07, 6.45) is 5.68. The van der Waals surface area contributed by atoms with Crippen molar-refractivity contribution < 1.29 is 29.0 Å². The summed E-state index contributed by atoms with van der Waals surface area (Å²) in [5, 5.41) is 15.8. The lowest BCUT2D eigenvalue weighted by Gasteiger charge is -2.28. The molecule has 3 amide bonds. The Morgan fingerprint density at radius 2 is 1.95 bits per heavy atom. The van der Waals surface area contributed by atoms with Gasteiger partial charge < -0.3 is 25.2 Å². The van der Waals surface area contributed by atoms with Gasteiger partial charge in [0.15, 0.2) is 11.5 Å². The lowest BCUT2D eigenvalue weighted by Crippen LogP contribution is -2.55. The van der Waals surface area contributed by atoms with E-state index >= 15 is 0 Å². The van der Waals surface area contributed by atoms with E-state index in [0.29, 0.717) is 34.6 Å². The Morgan fingerprint density at radius 1 is 1.21 bits per heavy atom. The van der Waals surface area contributed by atoms with E-state index in [9.17, 15) is 19.5 Å². The van der Waals surface area contributed by atoms with Gasteiger partial charge >= 0.3 is 6.09 Å². The maximum absolute atomic E-state index is 13.3. The predicted octanol–water partition coefficient (Wildman–Crippen LogP) is 4.13. The molecule has 0 bridgehead atoms. The van der Waals surface area contributed by atoms with Gasteiger partial charge in [-0.2, -0.15) is 11.8 Å². The summed E-state index contributed by atoms with van der Waals surface area (Å²) in [5.74, 6) is 2.52. The Hall–Kier alpha value is -2.27. The number of thioether (sulfide) groups is 2. The van der Waals surface area contributed by atoms with Crippen LogP contribution in [-0.4, -0.2) is 75.8 Å². The molecule has 38 heavy (non-hydrogen) atoms. The molecule has 1 aromatic rings. The highest BCUT2D eigenvalue weighted by molar-refractivity contribution is 7.99. The second kappa shape index (κ2) is 14.2. The third kappa shape index (κ3) is 9.18. The number of amides is 3. The summed E-state index contributed by atoms with van der Waals surface area (Å²) in [7, 11) is 1.47. The average molecular weight is 568 g/mol. The van der Waals surface area contributed by atoms with Crippen LogP contribution in [-0.2, 0) is 20.9 Å². The molecular weight excluding hydrogens is 526 g/mol. The van der Waals surface area contributed by atoms with Crippen LogP contribution in [0.3, 0.4) is 0 Å². The zero-order valence-electron chi connectivity index (χ0n) is 22.8. The van der Waals surface area contributed by atoms with Crippen LogP contribution < -0.4 is 15.4 Å². The number of hydrogen-bond acceptors (Lipinski definition) is 8. The monoisotopic (exact) mass is 567 g/mol. The first kappa shape index (κ1) is 30.3.